The van der Waals surface area contributed by atoms with E-state index >= 15 is 0 Å². The monoisotopic (exact) mass is 192 g/mol. The number of rotatable bonds is 1. The van der Waals surface area contributed by atoms with Crippen molar-refractivity contribution in [3.8, 4) is 0 Å². The molecule has 2 aliphatic heterocycles. The van der Waals surface area contributed by atoms with Crippen LogP contribution in [0.25, 0.3) is 0 Å². The summed E-state index contributed by atoms with van der Waals surface area (Å²) in [6.07, 6.45) is 8.00. The second-order valence-corrected chi connectivity index (χ2v) is 5.50. The molecule has 78 valence electrons. The summed E-state index contributed by atoms with van der Waals surface area (Å²) in [5.74, 6) is 0. The van der Waals surface area contributed by atoms with Crippen molar-refractivity contribution in [2.75, 3.05) is 33.2 Å². The Hall–Kier alpha value is -0.500. The molecule has 0 aromatic carbocycles. The average molecular weight is 192 g/mol. The third-order valence-electron chi connectivity index (χ3n) is 4.00. The van der Waals surface area contributed by atoms with Crippen molar-refractivity contribution in [2.45, 2.75) is 25.7 Å². The Kier molecular flexibility index (Phi) is 1.88. The molecule has 0 aromatic rings. The quantitative estimate of drug-likeness (QED) is 0.624. The van der Waals surface area contributed by atoms with Crippen LogP contribution in [-0.2, 0) is 0 Å². The largest absolute Gasteiger partial charge is 0.377 e. The fourth-order valence-corrected chi connectivity index (χ4v) is 3.03. The summed E-state index contributed by atoms with van der Waals surface area (Å²) < 4.78 is 0. The highest BCUT2D eigenvalue weighted by molar-refractivity contribution is 5.16. The van der Waals surface area contributed by atoms with Crippen molar-refractivity contribution in [3.05, 3.63) is 11.8 Å². The minimum absolute atomic E-state index is 0.653. The second kappa shape index (κ2) is 2.99. The topological polar surface area (TPSA) is 6.48 Å². The van der Waals surface area contributed by atoms with Gasteiger partial charge in [-0.05, 0) is 45.5 Å². The predicted molar refractivity (Wildman–Crippen MR) is 58.1 cm³/mol. The summed E-state index contributed by atoms with van der Waals surface area (Å²) in [4.78, 5) is 5.06. The van der Waals surface area contributed by atoms with E-state index in [0.717, 1.165) is 0 Å². The van der Waals surface area contributed by atoms with Crippen molar-refractivity contribution in [3.63, 3.8) is 0 Å². The fraction of sp³-hybridized carbons (Fsp3) is 0.833. The summed E-state index contributed by atoms with van der Waals surface area (Å²) in [6.45, 7) is 5.26. The smallest absolute Gasteiger partial charge is 0.0242 e. The molecule has 3 fully saturated rings. The van der Waals surface area contributed by atoms with Crippen molar-refractivity contribution in [2.24, 2.45) is 5.41 Å². The Morgan fingerprint density at radius 3 is 2.57 bits per heavy atom. The van der Waals surface area contributed by atoms with Crippen LogP contribution in [0.4, 0.5) is 0 Å². The second-order valence-electron chi connectivity index (χ2n) is 5.50. The van der Waals surface area contributed by atoms with Gasteiger partial charge in [-0.3, -0.25) is 0 Å². The molecule has 0 bridgehead atoms. The van der Waals surface area contributed by atoms with Crippen LogP contribution in [-0.4, -0.2) is 43.0 Å². The minimum atomic E-state index is 0.653. The summed E-state index contributed by atoms with van der Waals surface area (Å²) >= 11 is 0. The maximum atomic E-state index is 2.57. The first kappa shape index (κ1) is 8.78. The normalized spacial score (nSPS) is 37.2. The zero-order valence-electron chi connectivity index (χ0n) is 9.13. The maximum Gasteiger partial charge on any atom is 0.0242 e. The van der Waals surface area contributed by atoms with E-state index in [1.807, 2.05) is 0 Å². The molecule has 1 atom stereocenters. The van der Waals surface area contributed by atoms with Gasteiger partial charge in [0.1, 0.15) is 0 Å². The van der Waals surface area contributed by atoms with Gasteiger partial charge in [0, 0.05) is 25.0 Å². The number of hydrogen-bond donors (Lipinski definition) is 0. The van der Waals surface area contributed by atoms with Gasteiger partial charge in [-0.15, -0.1) is 0 Å². The standard InChI is InChI=1S/C12H20N2/c1-13-6-4-12(9-13)5-7-14(10-12)8-11-2-3-11/h8H,2-7,9-10H2,1H3. The maximum absolute atomic E-state index is 2.57. The first-order chi connectivity index (χ1) is 6.76. The Labute approximate surface area is 86.6 Å². The molecule has 0 aromatic heterocycles. The highest BCUT2D eigenvalue weighted by atomic mass is 15.2. The van der Waals surface area contributed by atoms with Gasteiger partial charge in [0.15, 0.2) is 0 Å². The van der Waals surface area contributed by atoms with Crippen LogP contribution in [0.1, 0.15) is 25.7 Å². The zero-order chi connectivity index (χ0) is 9.60. The Balaban J connectivity index is 1.65. The Bertz CT molecular complexity index is 265. The van der Waals surface area contributed by atoms with E-state index in [2.05, 4.69) is 23.0 Å². The Morgan fingerprint density at radius 1 is 1.14 bits per heavy atom. The van der Waals surface area contributed by atoms with E-state index in [0.29, 0.717) is 5.41 Å². The molecule has 0 amide bonds. The SMILES string of the molecule is CN1CCC2(CCN(C=C3CC3)C2)C1. The summed E-state index contributed by atoms with van der Waals surface area (Å²) in [6, 6.07) is 0. The average Bonchev–Trinajstić information content (AvgIpc) is 2.76. The highest BCUT2D eigenvalue weighted by Gasteiger charge is 2.41. The van der Waals surface area contributed by atoms with E-state index in [1.54, 1.807) is 5.57 Å². The molecule has 0 N–H and O–H groups in total. The Morgan fingerprint density at radius 2 is 1.93 bits per heavy atom. The van der Waals surface area contributed by atoms with Crippen LogP contribution in [0.3, 0.4) is 0 Å². The van der Waals surface area contributed by atoms with Gasteiger partial charge in [-0.2, -0.15) is 0 Å². The molecule has 1 spiro atoms. The molecule has 3 aliphatic rings. The molecular weight excluding hydrogens is 172 g/mol. The zero-order valence-corrected chi connectivity index (χ0v) is 9.13. The first-order valence-electron chi connectivity index (χ1n) is 5.88. The van der Waals surface area contributed by atoms with Crippen LogP contribution < -0.4 is 0 Å². The lowest BCUT2D eigenvalue weighted by molar-refractivity contribution is 0.286. The van der Waals surface area contributed by atoms with Crippen molar-refractivity contribution < 1.29 is 0 Å². The summed E-state index contributed by atoms with van der Waals surface area (Å²) in [5.41, 5.74) is 2.33. The van der Waals surface area contributed by atoms with E-state index in [9.17, 15) is 0 Å². The number of allylic oxidation sites excluding steroid dienone is 1. The van der Waals surface area contributed by atoms with Crippen LogP contribution in [0.2, 0.25) is 0 Å². The van der Waals surface area contributed by atoms with Crippen LogP contribution in [0, 0.1) is 5.41 Å². The molecule has 3 rings (SSSR count). The van der Waals surface area contributed by atoms with Crippen molar-refractivity contribution in [1.82, 2.24) is 9.80 Å². The lowest BCUT2D eigenvalue weighted by Crippen LogP contribution is -2.27. The van der Waals surface area contributed by atoms with Crippen LogP contribution >= 0.6 is 0 Å². The fourth-order valence-electron chi connectivity index (χ4n) is 3.03. The molecule has 2 heterocycles. The van der Waals surface area contributed by atoms with E-state index in [4.69, 9.17) is 0 Å². The minimum Gasteiger partial charge on any atom is -0.377 e. The third kappa shape index (κ3) is 1.56. The molecule has 1 aliphatic carbocycles. The third-order valence-corrected chi connectivity index (χ3v) is 4.00. The van der Waals surface area contributed by atoms with Gasteiger partial charge in [0.05, 0.1) is 0 Å². The van der Waals surface area contributed by atoms with E-state index in [1.165, 1.54) is 51.9 Å². The van der Waals surface area contributed by atoms with Gasteiger partial charge in [-0.1, -0.05) is 5.57 Å². The van der Waals surface area contributed by atoms with Crippen LogP contribution in [0.15, 0.2) is 11.8 Å². The van der Waals surface area contributed by atoms with Crippen molar-refractivity contribution >= 4 is 0 Å². The van der Waals surface area contributed by atoms with Gasteiger partial charge in [0.2, 0.25) is 0 Å². The molecular formula is C12H20N2. The molecule has 2 nitrogen and oxygen atoms in total. The van der Waals surface area contributed by atoms with Gasteiger partial charge in [-0.25, -0.2) is 0 Å². The summed E-state index contributed by atoms with van der Waals surface area (Å²) in [7, 11) is 2.26. The molecule has 2 saturated heterocycles. The first-order valence-corrected chi connectivity index (χ1v) is 5.88. The lowest BCUT2D eigenvalue weighted by atomic mass is 9.86. The van der Waals surface area contributed by atoms with Crippen LogP contribution in [0.5, 0.6) is 0 Å². The van der Waals surface area contributed by atoms with Gasteiger partial charge in [0.25, 0.3) is 0 Å². The molecule has 1 unspecified atom stereocenters. The van der Waals surface area contributed by atoms with Gasteiger partial charge >= 0.3 is 0 Å². The molecule has 1 saturated carbocycles. The molecule has 0 radical (unpaired) electrons. The van der Waals surface area contributed by atoms with Crippen molar-refractivity contribution in [1.29, 1.82) is 0 Å². The van der Waals surface area contributed by atoms with E-state index in [-0.39, 0.29) is 0 Å². The molecule has 14 heavy (non-hydrogen) atoms. The van der Waals surface area contributed by atoms with Gasteiger partial charge < -0.3 is 9.80 Å². The highest BCUT2D eigenvalue weighted by Crippen LogP contribution is 2.40. The van der Waals surface area contributed by atoms with E-state index < -0.39 is 0 Å². The predicted octanol–water partition coefficient (Wildman–Crippen LogP) is 1.69. The number of nitrogens with zero attached hydrogens (tertiary/aromatic N) is 2. The lowest BCUT2D eigenvalue weighted by Gasteiger charge is -2.22. The summed E-state index contributed by atoms with van der Waals surface area (Å²) in [5, 5.41) is 0. The number of likely N-dealkylation sites (tertiary alicyclic amines) is 2. The number of hydrogen-bond acceptors (Lipinski definition) is 2. The molecule has 2 heteroatoms.